The van der Waals surface area contributed by atoms with E-state index in [0.717, 1.165) is 24.3 Å². The van der Waals surface area contributed by atoms with Gasteiger partial charge in [0.2, 0.25) is 0 Å². The van der Waals surface area contributed by atoms with Crippen LogP contribution in [0.2, 0.25) is 0 Å². The van der Waals surface area contributed by atoms with Gasteiger partial charge in [0, 0.05) is 12.1 Å². The summed E-state index contributed by atoms with van der Waals surface area (Å²) in [5.41, 5.74) is 2.81. The largest absolute Gasteiger partial charge is 0.493 e. The summed E-state index contributed by atoms with van der Waals surface area (Å²) in [6.45, 7) is 6.82. The zero-order valence-corrected chi connectivity index (χ0v) is 14.0. The van der Waals surface area contributed by atoms with E-state index in [0.29, 0.717) is 18.0 Å². The molecule has 1 aromatic carbocycles. The minimum atomic E-state index is 0.425. The molecule has 1 aliphatic heterocycles. The number of nitrogens with one attached hydrogen (secondary N) is 1. The summed E-state index contributed by atoms with van der Waals surface area (Å²) >= 11 is 0. The van der Waals surface area contributed by atoms with E-state index in [1.807, 2.05) is 0 Å². The van der Waals surface area contributed by atoms with Gasteiger partial charge in [-0.2, -0.15) is 0 Å². The molecule has 0 aromatic heterocycles. The van der Waals surface area contributed by atoms with Gasteiger partial charge in [0.05, 0.1) is 14.2 Å². The van der Waals surface area contributed by atoms with Gasteiger partial charge in [0.1, 0.15) is 0 Å². The van der Waals surface area contributed by atoms with Crippen LogP contribution in [0.15, 0.2) is 12.1 Å². The summed E-state index contributed by atoms with van der Waals surface area (Å²) in [4.78, 5) is 0. The quantitative estimate of drug-likeness (QED) is 0.855. The molecule has 118 valence electrons. The van der Waals surface area contributed by atoms with Gasteiger partial charge in [-0.05, 0) is 42.0 Å². The standard InChI is InChI=1S/C18H29NO2/c1-6-12(7-2)18-15-11-17(21-5)16(20-4)10-13(15)9-14(8-3)19-18/h10-12,14,18-19H,6-9H2,1-5H3. The average molecular weight is 291 g/mol. The van der Waals surface area contributed by atoms with E-state index in [4.69, 9.17) is 9.47 Å². The maximum absolute atomic E-state index is 5.50. The van der Waals surface area contributed by atoms with Gasteiger partial charge in [-0.15, -0.1) is 0 Å². The van der Waals surface area contributed by atoms with Gasteiger partial charge in [0.15, 0.2) is 11.5 Å². The number of hydrogen-bond acceptors (Lipinski definition) is 3. The van der Waals surface area contributed by atoms with E-state index in [9.17, 15) is 0 Å². The zero-order valence-electron chi connectivity index (χ0n) is 14.0. The molecule has 0 fully saturated rings. The third-order valence-electron chi connectivity index (χ3n) is 4.87. The van der Waals surface area contributed by atoms with Crippen LogP contribution in [0.1, 0.15) is 57.2 Å². The van der Waals surface area contributed by atoms with Crippen molar-refractivity contribution < 1.29 is 9.47 Å². The summed E-state index contributed by atoms with van der Waals surface area (Å²) in [6, 6.07) is 5.33. The maximum Gasteiger partial charge on any atom is 0.161 e. The summed E-state index contributed by atoms with van der Waals surface area (Å²) in [7, 11) is 3.42. The smallest absolute Gasteiger partial charge is 0.161 e. The first-order valence-corrected chi connectivity index (χ1v) is 8.19. The Hall–Kier alpha value is -1.22. The Morgan fingerprint density at radius 1 is 1.10 bits per heavy atom. The minimum Gasteiger partial charge on any atom is -0.493 e. The normalized spacial score (nSPS) is 21.2. The van der Waals surface area contributed by atoms with Crippen molar-refractivity contribution in [3.8, 4) is 11.5 Å². The molecule has 3 nitrogen and oxygen atoms in total. The third-order valence-corrected chi connectivity index (χ3v) is 4.87. The molecule has 2 atom stereocenters. The predicted octanol–water partition coefficient (Wildman–Crippen LogP) is 4.11. The van der Waals surface area contributed by atoms with Crippen LogP contribution in [0, 0.1) is 5.92 Å². The lowest BCUT2D eigenvalue weighted by atomic mass is 9.81. The van der Waals surface area contributed by atoms with E-state index in [-0.39, 0.29) is 0 Å². The monoisotopic (exact) mass is 291 g/mol. The number of hydrogen-bond donors (Lipinski definition) is 1. The lowest BCUT2D eigenvalue weighted by Crippen LogP contribution is -2.42. The van der Waals surface area contributed by atoms with Crippen molar-refractivity contribution in [2.75, 3.05) is 14.2 Å². The van der Waals surface area contributed by atoms with Crippen molar-refractivity contribution >= 4 is 0 Å². The molecule has 2 unspecified atom stereocenters. The molecule has 1 aromatic rings. The van der Waals surface area contributed by atoms with Crippen molar-refractivity contribution in [2.24, 2.45) is 5.92 Å². The molecular weight excluding hydrogens is 262 g/mol. The lowest BCUT2D eigenvalue weighted by molar-refractivity contribution is 0.282. The van der Waals surface area contributed by atoms with Gasteiger partial charge in [-0.1, -0.05) is 33.6 Å². The molecule has 2 rings (SSSR count). The van der Waals surface area contributed by atoms with Crippen molar-refractivity contribution in [3.63, 3.8) is 0 Å². The molecule has 0 saturated carbocycles. The molecule has 0 spiro atoms. The third kappa shape index (κ3) is 3.18. The van der Waals surface area contributed by atoms with Gasteiger partial charge < -0.3 is 14.8 Å². The van der Waals surface area contributed by atoms with Crippen LogP contribution in [0.25, 0.3) is 0 Å². The summed E-state index contributed by atoms with van der Waals surface area (Å²) < 4.78 is 11.0. The highest BCUT2D eigenvalue weighted by molar-refractivity contribution is 5.50. The van der Waals surface area contributed by atoms with Crippen LogP contribution >= 0.6 is 0 Å². The first-order chi connectivity index (χ1) is 10.2. The molecular formula is C18H29NO2. The Morgan fingerprint density at radius 3 is 2.24 bits per heavy atom. The first kappa shape index (κ1) is 16.2. The molecule has 0 bridgehead atoms. The average Bonchev–Trinajstić information content (AvgIpc) is 2.54. The van der Waals surface area contributed by atoms with E-state index < -0.39 is 0 Å². The fourth-order valence-electron chi connectivity index (χ4n) is 3.48. The van der Waals surface area contributed by atoms with Crippen LogP contribution in [0.3, 0.4) is 0 Å². The van der Waals surface area contributed by atoms with Gasteiger partial charge in [-0.3, -0.25) is 0 Å². The second-order valence-corrected chi connectivity index (χ2v) is 5.94. The van der Waals surface area contributed by atoms with Gasteiger partial charge >= 0.3 is 0 Å². The SMILES string of the molecule is CCC1Cc2cc(OC)c(OC)cc2C(C(CC)CC)N1. The highest BCUT2D eigenvalue weighted by Crippen LogP contribution is 2.40. The maximum atomic E-state index is 5.50. The Bertz CT molecular complexity index is 469. The van der Waals surface area contributed by atoms with Crippen LogP contribution < -0.4 is 14.8 Å². The zero-order chi connectivity index (χ0) is 15.4. The molecule has 0 aliphatic carbocycles. The number of benzene rings is 1. The number of rotatable bonds is 6. The molecule has 0 saturated heterocycles. The van der Waals surface area contributed by atoms with E-state index >= 15 is 0 Å². The molecule has 1 N–H and O–H groups in total. The van der Waals surface area contributed by atoms with Crippen LogP contribution in [0.5, 0.6) is 11.5 Å². The minimum absolute atomic E-state index is 0.425. The molecule has 0 radical (unpaired) electrons. The fraction of sp³-hybridized carbons (Fsp3) is 0.667. The summed E-state index contributed by atoms with van der Waals surface area (Å²) in [6.07, 6.45) is 4.62. The summed E-state index contributed by atoms with van der Waals surface area (Å²) in [5, 5.41) is 3.85. The number of methoxy groups -OCH3 is 2. The highest BCUT2D eigenvalue weighted by Gasteiger charge is 2.31. The summed E-state index contributed by atoms with van der Waals surface area (Å²) in [5.74, 6) is 2.34. The Balaban J connectivity index is 2.47. The molecule has 1 heterocycles. The van der Waals surface area contributed by atoms with Crippen molar-refractivity contribution in [1.29, 1.82) is 0 Å². The Labute approximate surface area is 129 Å². The second kappa shape index (κ2) is 7.17. The van der Waals surface area contributed by atoms with Crippen molar-refractivity contribution in [1.82, 2.24) is 5.32 Å². The van der Waals surface area contributed by atoms with E-state index in [1.54, 1.807) is 14.2 Å². The van der Waals surface area contributed by atoms with E-state index in [2.05, 4.69) is 38.2 Å². The van der Waals surface area contributed by atoms with Crippen molar-refractivity contribution in [3.05, 3.63) is 23.3 Å². The lowest BCUT2D eigenvalue weighted by Gasteiger charge is -2.37. The number of fused-ring (bicyclic) bond motifs is 1. The molecule has 21 heavy (non-hydrogen) atoms. The van der Waals surface area contributed by atoms with Crippen LogP contribution in [0.4, 0.5) is 0 Å². The fourth-order valence-corrected chi connectivity index (χ4v) is 3.48. The Kier molecular flexibility index (Phi) is 5.51. The Morgan fingerprint density at radius 2 is 1.71 bits per heavy atom. The number of ether oxygens (including phenoxy) is 2. The highest BCUT2D eigenvalue weighted by atomic mass is 16.5. The molecule has 0 amide bonds. The van der Waals surface area contributed by atoms with Gasteiger partial charge in [0.25, 0.3) is 0 Å². The molecule has 3 heteroatoms. The van der Waals surface area contributed by atoms with Crippen LogP contribution in [-0.4, -0.2) is 20.3 Å². The van der Waals surface area contributed by atoms with E-state index in [1.165, 1.54) is 24.0 Å². The van der Waals surface area contributed by atoms with Gasteiger partial charge in [-0.25, -0.2) is 0 Å². The van der Waals surface area contributed by atoms with Crippen molar-refractivity contribution in [2.45, 2.75) is 58.5 Å². The molecule has 1 aliphatic rings. The topological polar surface area (TPSA) is 30.5 Å². The first-order valence-electron chi connectivity index (χ1n) is 8.19. The predicted molar refractivity (Wildman–Crippen MR) is 87.3 cm³/mol. The van der Waals surface area contributed by atoms with Crippen LogP contribution in [-0.2, 0) is 6.42 Å². The second-order valence-electron chi connectivity index (χ2n) is 5.94.